The zero-order valence-electron chi connectivity index (χ0n) is 10.6. The number of nitro groups is 1. The van der Waals surface area contributed by atoms with E-state index in [4.69, 9.17) is 11.0 Å². The first kappa shape index (κ1) is 13.8. The molecule has 2 rings (SSSR count). The summed E-state index contributed by atoms with van der Waals surface area (Å²) in [4.78, 5) is 23.7. The van der Waals surface area contributed by atoms with Crippen molar-refractivity contribution in [2.75, 3.05) is 24.5 Å². The second-order valence-electron chi connectivity index (χ2n) is 4.39. The average Bonchev–Trinajstić information content (AvgIpc) is 2.46. The summed E-state index contributed by atoms with van der Waals surface area (Å²) in [6.45, 7) is 1.37. The molecule has 0 saturated carbocycles. The summed E-state index contributed by atoms with van der Waals surface area (Å²) >= 11 is 0. The number of nitriles is 1. The summed E-state index contributed by atoms with van der Waals surface area (Å²) in [6.07, 6.45) is 0. The molecule has 1 amide bonds. The molecule has 20 heavy (non-hydrogen) atoms. The molecule has 1 fully saturated rings. The van der Waals surface area contributed by atoms with Gasteiger partial charge in [-0.2, -0.15) is 5.26 Å². The Hall–Kier alpha value is -2.66. The van der Waals surface area contributed by atoms with E-state index in [-0.39, 0.29) is 11.3 Å². The molecule has 8 nitrogen and oxygen atoms in total. The summed E-state index contributed by atoms with van der Waals surface area (Å²) in [7, 11) is 0. The molecule has 0 aromatic heterocycles. The van der Waals surface area contributed by atoms with Crippen molar-refractivity contribution in [1.29, 1.82) is 5.26 Å². The molecule has 1 heterocycles. The van der Waals surface area contributed by atoms with Crippen LogP contribution < -0.4 is 16.0 Å². The summed E-state index contributed by atoms with van der Waals surface area (Å²) in [5, 5.41) is 23.0. The highest BCUT2D eigenvalue weighted by Crippen LogP contribution is 2.30. The second kappa shape index (κ2) is 5.54. The lowest BCUT2D eigenvalue weighted by Crippen LogP contribution is -2.57. The highest BCUT2D eigenvalue weighted by molar-refractivity contribution is 5.85. The highest BCUT2D eigenvalue weighted by atomic mass is 16.6. The van der Waals surface area contributed by atoms with Gasteiger partial charge in [-0.3, -0.25) is 14.9 Å². The van der Waals surface area contributed by atoms with Crippen LogP contribution in [0.2, 0.25) is 0 Å². The fourth-order valence-corrected chi connectivity index (χ4v) is 2.23. The molecule has 0 aliphatic carbocycles. The van der Waals surface area contributed by atoms with Crippen LogP contribution >= 0.6 is 0 Å². The summed E-state index contributed by atoms with van der Waals surface area (Å²) < 4.78 is 0. The van der Waals surface area contributed by atoms with Crippen molar-refractivity contribution < 1.29 is 9.72 Å². The predicted octanol–water partition coefficient (Wildman–Crippen LogP) is -0.270. The van der Waals surface area contributed by atoms with Crippen molar-refractivity contribution in [1.82, 2.24) is 5.32 Å². The lowest BCUT2D eigenvalue weighted by molar-refractivity contribution is -0.384. The third-order valence-electron chi connectivity index (χ3n) is 3.18. The fourth-order valence-electron chi connectivity index (χ4n) is 2.23. The number of hydrogen-bond acceptors (Lipinski definition) is 6. The molecular weight excluding hydrogens is 262 g/mol. The van der Waals surface area contributed by atoms with Crippen LogP contribution in [0.1, 0.15) is 5.56 Å². The van der Waals surface area contributed by atoms with Gasteiger partial charge in [-0.15, -0.1) is 0 Å². The molecule has 0 spiro atoms. The van der Waals surface area contributed by atoms with E-state index in [2.05, 4.69) is 5.32 Å². The first-order chi connectivity index (χ1) is 9.54. The van der Waals surface area contributed by atoms with E-state index in [0.29, 0.717) is 25.3 Å². The normalized spacial score (nSPS) is 18.4. The number of carbonyl (C=O) groups excluding carboxylic acids is 1. The summed E-state index contributed by atoms with van der Waals surface area (Å²) in [5.74, 6) is -0.546. The molecule has 8 heteroatoms. The number of rotatable bonds is 3. The van der Waals surface area contributed by atoms with Crippen LogP contribution in [0.5, 0.6) is 0 Å². The molecule has 0 radical (unpaired) electrons. The molecule has 0 bridgehead atoms. The van der Waals surface area contributed by atoms with E-state index in [1.807, 2.05) is 6.07 Å². The standard InChI is InChI=1S/C12H13N5O3/c13-6-8-1-2-9(10(5-8)17(19)20)16-4-3-15-7-11(16)12(14)18/h1-2,5,11,15H,3-4,7H2,(H2,14,18). The van der Waals surface area contributed by atoms with Gasteiger partial charge in [0.1, 0.15) is 11.7 Å². The van der Waals surface area contributed by atoms with Gasteiger partial charge in [-0.1, -0.05) is 0 Å². The van der Waals surface area contributed by atoms with Crippen molar-refractivity contribution in [2.24, 2.45) is 5.73 Å². The lowest BCUT2D eigenvalue weighted by Gasteiger charge is -2.35. The minimum Gasteiger partial charge on any atom is -0.368 e. The Kier molecular flexibility index (Phi) is 3.81. The number of piperazine rings is 1. The van der Waals surface area contributed by atoms with Crippen molar-refractivity contribution in [2.45, 2.75) is 6.04 Å². The largest absolute Gasteiger partial charge is 0.368 e. The van der Waals surface area contributed by atoms with Crippen LogP contribution in [0.15, 0.2) is 18.2 Å². The maximum Gasteiger partial charge on any atom is 0.293 e. The van der Waals surface area contributed by atoms with Gasteiger partial charge in [0.2, 0.25) is 5.91 Å². The molecule has 1 aliphatic heterocycles. The van der Waals surface area contributed by atoms with E-state index >= 15 is 0 Å². The van der Waals surface area contributed by atoms with Crippen LogP contribution in [-0.4, -0.2) is 36.5 Å². The lowest BCUT2D eigenvalue weighted by atomic mass is 10.1. The smallest absolute Gasteiger partial charge is 0.293 e. The summed E-state index contributed by atoms with van der Waals surface area (Å²) in [5.41, 5.74) is 5.64. The van der Waals surface area contributed by atoms with Gasteiger partial charge in [0.25, 0.3) is 5.69 Å². The molecule has 1 unspecified atom stereocenters. The number of nitrogens with zero attached hydrogens (tertiary/aromatic N) is 3. The maximum atomic E-state index is 11.5. The number of primary amides is 1. The van der Waals surface area contributed by atoms with Gasteiger partial charge in [0.15, 0.2) is 0 Å². The average molecular weight is 275 g/mol. The third kappa shape index (κ3) is 2.53. The van der Waals surface area contributed by atoms with Gasteiger partial charge < -0.3 is 16.0 Å². The minimum absolute atomic E-state index is 0.197. The van der Waals surface area contributed by atoms with E-state index in [0.717, 1.165) is 0 Å². The number of carbonyl (C=O) groups is 1. The Morgan fingerprint density at radius 2 is 2.35 bits per heavy atom. The van der Waals surface area contributed by atoms with E-state index in [1.54, 1.807) is 4.90 Å². The van der Waals surface area contributed by atoms with Gasteiger partial charge >= 0.3 is 0 Å². The van der Waals surface area contributed by atoms with Crippen LogP contribution in [0.3, 0.4) is 0 Å². The minimum atomic E-state index is -0.643. The Morgan fingerprint density at radius 3 is 2.95 bits per heavy atom. The number of nitro benzene ring substituents is 1. The first-order valence-electron chi connectivity index (χ1n) is 6.00. The second-order valence-corrected chi connectivity index (χ2v) is 4.39. The number of nitrogens with one attached hydrogen (secondary N) is 1. The van der Waals surface area contributed by atoms with Gasteiger partial charge in [-0.05, 0) is 12.1 Å². The molecular formula is C12H13N5O3. The Labute approximate surface area is 114 Å². The Balaban J connectivity index is 2.47. The van der Waals surface area contributed by atoms with Crippen molar-refractivity contribution >= 4 is 17.3 Å². The molecule has 1 aromatic carbocycles. The van der Waals surface area contributed by atoms with E-state index in [1.165, 1.54) is 18.2 Å². The Bertz CT molecular complexity index is 595. The molecule has 1 atom stereocenters. The number of hydrogen-bond donors (Lipinski definition) is 2. The third-order valence-corrected chi connectivity index (χ3v) is 3.18. The maximum absolute atomic E-state index is 11.5. The van der Waals surface area contributed by atoms with E-state index < -0.39 is 16.9 Å². The van der Waals surface area contributed by atoms with Gasteiger partial charge in [-0.25, -0.2) is 0 Å². The molecule has 1 aromatic rings. The van der Waals surface area contributed by atoms with E-state index in [9.17, 15) is 14.9 Å². The van der Waals surface area contributed by atoms with Crippen molar-refractivity contribution in [3.05, 3.63) is 33.9 Å². The molecule has 1 saturated heterocycles. The highest BCUT2D eigenvalue weighted by Gasteiger charge is 2.31. The zero-order chi connectivity index (χ0) is 14.7. The molecule has 104 valence electrons. The topological polar surface area (TPSA) is 125 Å². The monoisotopic (exact) mass is 275 g/mol. The van der Waals surface area contributed by atoms with Crippen molar-refractivity contribution in [3.8, 4) is 6.07 Å². The number of amides is 1. The van der Waals surface area contributed by atoms with Gasteiger partial charge in [0.05, 0.1) is 16.6 Å². The molecule has 3 N–H and O–H groups in total. The molecule has 1 aliphatic rings. The van der Waals surface area contributed by atoms with Crippen LogP contribution in [0, 0.1) is 21.4 Å². The Morgan fingerprint density at radius 1 is 1.60 bits per heavy atom. The fraction of sp³-hybridized carbons (Fsp3) is 0.333. The first-order valence-corrected chi connectivity index (χ1v) is 6.00. The van der Waals surface area contributed by atoms with Crippen LogP contribution in [0.25, 0.3) is 0 Å². The van der Waals surface area contributed by atoms with Gasteiger partial charge in [0, 0.05) is 25.7 Å². The zero-order valence-corrected chi connectivity index (χ0v) is 10.6. The number of nitrogens with two attached hydrogens (primary N) is 1. The quantitative estimate of drug-likeness (QED) is 0.577. The van der Waals surface area contributed by atoms with Crippen molar-refractivity contribution in [3.63, 3.8) is 0 Å². The predicted molar refractivity (Wildman–Crippen MR) is 71.0 cm³/mol. The van der Waals surface area contributed by atoms with Crippen LogP contribution in [-0.2, 0) is 4.79 Å². The SMILES string of the molecule is N#Cc1ccc(N2CCNCC2C(N)=O)c([N+](=O)[O-])c1. The summed E-state index contributed by atoms with van der Waals surface area (Å²) in [6, 6.07) is 5.39. The number of anilines is 1. The van der Waals surface area contributed by atoms with Crippen LogP contribution in [0.4, 0.5) is 11.4 Å². The number of benzene rings is 1.